The van der Waals surface area contributed by atoms with E-state index in [2.05, 4.69) is 20.3 Å². The third-order valence-corrected chi connectivity index (χ3v) is 3.88. The lowest BCUT2D eigenvalue weighted by molar-refractivity contribution is -0.117. The Morgan fingerprint density at radius 1 is 1.42 bits per heavy atom. The highest BCUT2D eigenvalue weighted by Gasteiger charge is 2.20. The van der Waals surface area contributed by atoms with Gasteiger partial charge < -0.3 is 15.8 Å². The molecule has 1 saturated heterocycles. The van der Waals surface area contributed by atoms with Crippen LogP contribution in [-0.4, -0.2) is 35.2 Å². The van der Waals surface area contributed by atoms with Gasteiger partial charge >= 0.3 is 0 Å². The van der Waals surface area contributed by atoms with Crippen LogP contribution in [0.5, 0.6) is 5.88 Å². The lowest BCUT2D eigenvalue weighted by Crippen LogP contribution is -2.36. The quantitative estimate of drug-likeness (QED) is 0.812. The largest absolute Gasteiger partial charge is 0.479 e. The highest BCUT2D eigenvalue weighted by Crippen LogP contribution is 2.20. The number of piperidine rings is 1. The number of nitrogens with one attached hydrogen (secondary N) is 1. The average molecular weight is 355 g/mol. The lowest BCUT2D eigenvalue weighted by Gasteiger charge is -2.17. The van der Waals surface area contributed by atoms with Crippen molar-refractivity contribution in [1.82, 2.24) is 15.3 Å². The van der Waals surface area contributed by atoms with Crippen LogP contribution in [0.25, 0.3) is 0 Å². The number of pyridine rings is 2. The molecule has 1 aliphatic rings. The first-order chi connectivity index (χ1) is 12.6. The van der Waals surface area contributed by atoms with Gasteiger partial charge in [-0.25, -0.2) is 9.37 Å². The van der Waals surface area contributed by atoms with Gasteiger partial charge in [0.2, 0.25) is 5.88 Å². The van der Waals surface area contributed by atoms with E-state index in [9.17, 15) is 9.18 Å². The summed E-state index contributed by atoms with van der Waals surface area (Å²) in [5.74, 6) is -0.794. The molecule has 134 valence electrons. The second-order valence-electron chi connectivity index (χ2n) is 5.66. The highest BCUT2D eigenvalue weighted by molar-refractivity contribution is 6.23. The molecule has 26 heavy (non-hydrogen) atoms. The van der Waals surface area contributed by atoms with Crippen molar-refractivity contribution in [3.05, 3.63) is 59.4 Å². The normalized spacial score (nSPS) is 17.4. The number of ether oxygens (including phenoxy) is 1. The molecule has 2 aromatic heterocycles. The van der Waals surface area contributed by atoms with Crippen molar-refractivity contribution in [2.75, 3.05) is 13.7 Å². The number of nitrogens with zero attached hydrogens (tertiary/aromatic N) is 3. The van der Waals surface area contributed by atoms with Gasteiger partial charge in [0.1, 0.15) is 0 Å². The number of nitrogens with two attached hydrogens (primary N) is 1. The van der Waals surface area contributed by atoms with Crippen LogP contribution in [0.3, 0.4) is 0 Å². The Morgan fingerprint density at radius 3 is 3.00 bits per heavy atom. The number of carbonyl (C=O) groups excluding carboxylic acids is 1. The number of aliphatic imine (C=N–C) groups is 1. The molecular weight excluding hydrogens is 337 g/mol. The Labute approximate surface area is 149 Å². The van der Waals surface area contributed by atoms with Crippen molar-refractivity contribution >= 4 is 17.3 Å². The van der Waals surface area contributed by atoms with Crippen molar-refractivity contribution in [3.8, 4) is 5.88 Å². The fourth-order valence-corrected chi connectivity index (χ4v) is 2.65. The van der Waals surface area contributed by atoms with Crippen LogP contribution < -0.4 is 15.8 Å². The predicted molar refractivity (Wildman–Crippen MR) is 94.8 cm³/mol. The molecule has 0 radical (unpaired) electrons. The zero-order valence-corrected chi connectivity index (χ0v) is 14.2. The van der Waals surface area contributed by atoms with Gasteiger partial charge in [-0.15, -0.1) is 0 Å². The monoisotopic (exact) mass is 355 g/mol. The predicted octanol–water partition coefficient (Wildman–Crippen LogP) is 1.65. The number of halogens is 1. The van der Waals surface area contributed by atoms with E-state index in [0.29, 0.717) is 47.6 Å². The fourth-order valence-electron chi connectivity index (χ4n) is 2.65. The minimum absolute atomic E-state index is 0.0430. The van der Waals surface area contributed by atoms with Gasteiger partial charge in [0, 0.05) is 43.7 Å². The van der Waals surface area contributed by atoms with Crippen LogP contribution >= 0.6 is 0 Å². The van der Waals surface area contributed by atoms with Gasteiger partial charge in [-0.05, 0) is 23.8 Å². The van der Waals surface area contributed by atoms with Crippen LogP contribution in [0.2, 0.25) is 0 Å². The molecule has 0 spiro atoms. The number of amides is 1. The molecule has 3 heterocycles. The van der Waals surface area contributed by atoms with E-state index in [-0.39, 0.29) is 11.8 Å². The molecule has 7 nitrogen and oxygen atoms in total. The Balaban J connectivity index is 1.83. The smallest absolute Gasteiger partial charge is 0.254 e. The third-order valence-electron chi connectivity index (χ3n) is 3.88. The Morgan fingerprint density at radius 2 is 2.27 bits per heavy atom. The van der Waals surface area contributed by atoms with E-state index < -0.39 is 5.82 Å². The Hall–Kier alpha value is -3.29. The summed E-state index contributed by atoms with van der Waals surface area (Å²) in [7, 11) is 1.37. The molecule has 0 bridgehead atoms. The van der Waals surface area contributed by atoms with Crippen LogP contribution in [0.4, 0.5) is 10.1 Å². The van der Waals surface area contributed by atoms with E-state index in [0.717, 1.165) is 0 Å². The van der Waals surface area contributed by atoms with Gasteiger partial charge in [-0.2, -0.15) is 0 Å². The van der Waals surface area contributed by atoms with E-state index in [1.54, 1.807) is 24.5 Å². The maximum absolute atomic E-state index is 13.8. The molecule has 1 amide bonds. The summed E-state index contributed by atoms with van der Waals surface area (Å²) in [6, 6.07) is 4.90. The molecule has 3 N–H and O–H groups in total. The summed E-state index contributed by atoms with van der Waals surface area (Å²) in [4.78, 5) is 24.5. The SMILES string of the molecule is COc1ncc(Cc2cc(N=C3CCNC(=O)/C3=C/N)ccn2)cc1F. The van der Waals surface area contributed by atoms with Crippen molar-refractivity contribution in [3.63, 3.8) is 0 Å². The summed E-state index contributed by atoms with van der Waals surface area (Å²) in [6.07, 6.45) is 5.42. The fraction of sp³-hybridized carbons (Fsp3) is 0.222. The molecule has 2 aromatic rings. The van der Waals surface area contributed by atoms with Gasteiger partial charge in [0.05, 0.1) is 24.1 Å². The molecule has 1 aliphatic heterocycles. The maximum Gasteiger partial charge on any atom is 0.254 e. The lowest BCUT2D eigenvalue weighted by atomic mass is 10.0. The molecule has 0 aliphatic carbocycles. The van der Waals surface area contributed by atoms with Crippen molar-refractivity contribution in [2.24, 2.45) is 10.7 Å². The second kappa shape index (κ2) is 7.73. The van der Waals surface area contributed by atoms with Crippen LogP contribution in [-0.2, 0) is 11.2 Å². The molecular formula is C18H18FN5O2. The number of aromatic nitrogens is 2. The van der Waals surface area contributed by atoms with E-state index in [1.807, 2.05) is 0 Å². The van der Waals surface area contributed by atoms with Gasteiger partial charge in [-0.1, -0.05) is 0 Å². The van der Waals surface area contributed by atoms with Gasteiger partial charge in [0.25, 0.3) is 5.91 Å². The average Bonchev–Trinajstić information content (AvgIpc) is 2.62. The van der Waals surface area contributed by atoms with Crippen molar-refractivity contribution < 1.29 is 13.9 Å². The topological polar surface area (TPSA) is 102 Å². The third kappa shape index (κ3) is 3.85. The second-order valence-corrected chi connectivity index (χ2v) is 5.66. The standard InChI is InChI=1S/C18H18FN5O2/c1-26-18-15(19)7-11(10-23-18)6-13-8-12(2-4-21-13)24-16-3-5-22-17(25)14(16)9-20/h2,4,7-10H,3,5-6,20H2,1H3,(H,22,25)/b14-9+,24-16?. The van der Waals surface area contributed by atoms with Crippen molar-refractivity contribution in [1.29, 1.82) is 0 Å². The first-order valence-corrected chi connectivity index (χ1v) is 8.02. The maximum atomic E-state index is 13.8. The zero-order valence-electron chi connectivity index (χ0n) is 14.2. The molecule has 3 rings (SSSR count). The summed E-state index contributed by atoms with van der Waals surface area (Å²) in [5.41, 5.74) is 8.57. The summed E-state index contributed by atoms with van der Waals surface area (Å²) >= 11 is 0. The molecule has 1 fully saturated rings. The zero-order chi connectivity index (χ0) is 18.5. The molecule has 0 aromatic carbocycles. The molecule has 0 unspecified atom stereocenters. The number of hydrogen-bond acceptors (Lipinski definition) is 6. The van der Waals surface area contributed by atoms with Crippen LogP contribution in [0.15, 0.2) is 47.4 Å². The summed E-state index contributed by atoms with van der Waals surface area (Å²) in [6.45, 7) is 0.518. The highest BCUT2D eigenvalue weighted by atomic mass is 19.1. The number of carbonyl (C=O) groups is 1. The Bertz CT molecular complexity index is 895. The first-order valence-electron chi connectivity index (χ1n) is 8.02. The van der Waals surface area contributed by atoms with E-state index in [1.165, 1.54) is 19.4 Å². The van der Waals surface area contributed by atoms with E-state index >= 15 is 0 Å². The minimum atomic E-state index is -0.521. The van der Waals surface area contributed by atoms with E-state index in [4.69, 9.17) is 10.5 Å². The number of hydrogen-bond donors (Lipinski definition) is 2. The molecule has 0 saturated carbocycles. The van der Waals surface area contributed by atoms with Crippen molar-refractivity contribution in [2.45, 2.75) is 12.8 Å². The molecule has 8 heteroatoms. The summed E-state index contributed by atoms with van der Waals surface area (Å²) in [5, 5.41) is 2.72. The molecule has 0 atom stereocenters. The van der Waals surface area contributed by atoms with Crippen LogP contribution in [0.1, 0.15) is 17.7 Å². The minimum Gasteiger partial charge on any atom is -0.479 e. The van der Waals surface area contributed by atoms with Crippen LogP contribution in [0, 0.1) is 5.82 Å². The number of methoxy groups -OCH3 is 1. The number of rotatable bonds is 4. The summed E-state index contributed by atoms with van der Waals surface area (Å²) < 4.78 is 18.6. The Kier molecular flexibility index (Phi) is 5.21. The van der Waals surface area contributed by atoms with Gasteiger partial charge in [-0.3, -0.25) is 14.8 Å². The first kappa shape index (κ1) is 17.5. The van der Waals surface area contributed by atoms with Gasteiger partial charge in [0.15, 0.2) is 5.82 Å².